The number of anilines is 1. The Kier molecular flexibility index (Phi) is 6.19. The van der Waals surface area contributed by atoms with Gasteiger partial charge in [0.25, 0.3) is 11.5 Å². The highest BCUT2D eigenvalue weighted by molar-refractivity contribution is 6.05. The lowest BCUT2D eigenvalue weighted by molar-refractivity contribution is 0.102. The number of hydrogen-bond donors (Lipinski definition) is 1. The van der Waals surface area contributed by atoms with Crippen molar-refractivity contribution >= 4 is 22.5 Å². The number of amides is 1. The van der Waals surface area contributed by atoms with Crippen LogP contribution in [0.4, 0.5) is 5.69 Å². The number of benzene rings is 2. The molecule has 0 radical (unpaired) electrons. The van der Waals surface area contributed by atoms with Crippen molar-refractivity contribution in [3.8, 4) is 22.9 Å². The fourth-order valence-electron chi connectivity index (χ4n) is 4.21. The van der Waals surface area contributed by atoms with Crippen molar-refractivity contribution in [2.24, 2.45) is 7.05 Å². The number of hydrogen-bond acceptors (Lipinski definition) is 6. The fraction of sp³-hybridized carbons (Fsp3) is 0.143. The molecule has 3 heterocycles. The van der Waals surface area contributed by atoms with E-state index in [1.54, 1.807) is 80.8 Å². The van der Waals surface area contributed by atoms with Gasteiger partial charge in [-0.25, -0.2) is 4.68 Å². The number of fused-ring (bicyclic) bond motifs is 1. The predicted octanol–water partition coefficient (Wildman–Crippen LogP) is 4.79. The van der Waals surface area contributed by atoms with E-state index in [9.17, 15) is 9.59 Å². The number of nitrogens with one attached hydrogen (secondary N) is 1. The normalized spacial score (nSPS) is 10.9. The first kappa shape index (κ1) is 23.8. The first-order chi connectivity index (χ1) is 17.9. The molecule has 9 heteroatoms. The lowest BCUT2D eigenvalue weighted by Crippen LogP contribution is -2.25. The van der Waals surface area contributed by atoms with Gasteiger partial charge >= 0.3 is 0 Å². The number of aryl methyl sites for hydroxylation is 1. The van der Waals surface area contributed by atoms with Crippen molar-refractivity contribution in [1.82, 2.24) is 19.3 Å². The number of aromatic nitrogens is 4. The van der Waals surface area contributed by atoms with E-state index < -0.39 is 11.5 Å². The van der Waals surface area contributed by atoms with Gasteiger partial charge in [-0.3, -0.25) is 24.2 Å². The van der Waals surface area contributed by atoms with Crippen LogP contribution in [0.2, 0.25) is 0 Å². The van der Waals surface area contributed by atoms with Gasteiger partial charge in [0.1, 0.15) is 22.8 Å². The van der Waals surface area contributed by atoms with E-state index in [2.05, 4.69) is 15.3 Å². The molecule has 0 aliphatic heterocycles. The summed E-state index contributed by atoms with van der Waals surface area (Å²) < 4.78 is 14.5. The van der Waals surface area contributed by atoms with E-state index in [-0.39, 0.29) is 5.56 Å². The summed E-state index contributed by atoms with van der Waals surface area (Å²) in [6.07, 6.45) is 4.89. The van der Waals surface area contributed by atoms with Crippen LogP contribution in [0, 0.1) is 13.8 Å². The van der Waals surface area contributed by atoms with Gasteiger partial charge in [-0.2, -0.15) is 0 Å². The molecule has 0 spiro atoms. The van der Waals surface area contributed by atoms with Crippen LogP contribution in [-0.4, -0.2) is 32.3 Å². The summed E-state index contributed by atoms with van der Waals surface area (Å²) in [7, 11) is 3.34. The second-order valence-corrected chi connectivity index (χ2v) is 8.54. The zero-order chi connectivity index (χ0) is 26.1. The standard InChI is InChI=1S/C28H25N5O4/c1-17-14-19(7-10-24(17)37-25-11-13-30-23-15-21(36-4)8-9-22(23)25)31-27(34)26-18(2)32(3)33(28(26)35)20-6-5-12-29-16-20/h5-16H,1-4H3,(H,31,34). The van der Waals surface area contributed by atoms with Crippen molar-refractivity contribution in [3.05, 3.63) is 100 Å². The number of carbonyl (C=O) groups is 1. The highest BCUT2D eigenvalue weighted by atomic mass is 16.5. The Labute approximate surface area is 212 Å². The molecule has 0 saturated heterocycles. The Morgan fingerprint density at radius 3 is 2.57 bits per heavy atom. The summed E-state index contributed by atoms with van der Waals surface area (Å²) in [5, 5.41) is 3.70. The number of rotatable bonds is 6. The van der Waals surface area contributed by atoms with E-state index >= 15 is 0 Å². The third-order valence-corrected chi connectivity index (χ3v) is 6.23. The summed E-state index contributed by atoms with van der Waals surface area (Å²) in [6, 6.07) is 16.2. The number of carbonyl (C=O) groups excluding carboxylic acids is 1. The first-order valence-corrected chi connectivity index (χ1v) is 11.6. The Morgan fingerprint density at radius 2 is 1.84 bits per heavy atom. The van der Waals surface area contributed by atoms with Crippen molar-refractivity contribution < 1.29 is 14.3 Å². The summed E-state index contributed by atoms with van der Waals surface area (Å²) in [6.45, 7) is 3.63. The van der Waals surface area contributed by atoms with E-state index in [4.69, 9.17) is 9.47 Å². The summed E-state index contributed by atoms with van der Waals surface area (Å²) >= 11 is 0. The third kappa shape index (κ3) is 4.42. The molecular formula is C28H25N5O4. The molecule has 0 aliphatic carbocycles. The molecule has 0 bridgehead atoms. The number of pyridine rings is 2. The van der Waals surface area contributed by atoms with Crippen LogP contribution in [-0.2, 0) is 7.05 Å². The maximum atomic E-state index is 13.1. The minimum atomic E-state index is -0.483. The second kappa shape index (κ2) is 9.62. The second-order valence-electron chi connectivity index (χ2n) is 8.54. The van der Waals surface area contributed by atoms with Crippen LogP contribution in [0.3, 0.4) is 0 Å². The van der Waals surface area contributed by atoms with Gasteiger partial charge in [-0.1, -0.05) is 0 Å². The van der Waals surface area contributed by atoms with Crippen LogP contribution in [0.25, 0.3) is 16.6 Å². The molecule has 5 aromatic rings. The molecule has 9 nitrogen and oxygen atoms in total. The molecule has 37 heavy (non-hydrogen) atoms. The van der Waals surface area contributed by atoms with Crippen LogP contribution in [0.5, 0.6) is 17.2 Å². The third-order valence-electron chi connectivity index (χ3n) is 6.23. The Bertz CT molecular complexity index is 1690. The van der Waals surface area contributed by atoms with Crippen molar-refractivity contribution in [2.75, 3.05) is 12.4 Å². The monoisotopic (exact) mass is 495 g/mol. The molecule has 2 aromatic carbocycles. The molecule has 0 aliphatic rings. The van der Waals surface area contributed by atoms with E-state index in [1.807, 2.05) is 25.1 Å². The number of methoxy groups -OCH3 is 1. The smallest absolute Gasteiger partial charge is 0.284 e. The lowest BCUT2D eigenvalue weighted by Gasteiger charge is -2.13. The summed E-state index contributed by atoms with van der Waals surface area (Å²) in [5.41, 5.74) is 2.91. The first-order valence-electron chi connectivity index (χ1n) is 11.6. The zero-order valence-corrected chi connectivity index (χ0v) is 20.9. The van der Waals surface area contributed by atoms with E-state index in [0.29, 0.717) is 34.3 Å². The van der Waals surface area contributed by atoms with Gasteiger partial charge in [-0.15, -0.1) is 0 Å². The fourth-order valence-corrected chi connectivity index (χ4v) is 4.21. The highest BCUT2D eigenvalue weighted by Gasteiger charge is 2.22. The Morgan fingerprint density at radius 1 is 1.00 bits per heavy atom. The van der Waals surface area contributed by atoms with Gasteiger partial charge < -0.3 is 14.8 Å². The van der Waals surface area contributed by atoms with Gasteiger partial charge in [0.05, 0.1) is 30.2 Å². The molecule has 3 aromatic heterocycles. The quantitative estimate of drug-likeness (QED) is 0.364. The van der Waals surface area contributed by atoms with Gasteiger partial charge in [0.2, 0.25) is 0 Å². The molecule has 0 unspecified atom stereocenters. The zero-order valence-electron chi connectivity index (χ0n) is 20.9. The van der Waals surface area contributed by atoms with E-state index in [1.165, 1.54) is 4.68 Å². The average Bonchev–Trinajstić information content (AvgIpc) is 3.13. The van der Waals surface area contributed by atoms with Crippen LogP contribution in [0.15, 0.2) is 78.0 Å². The predicted molar refractivity (Wildman–Crippen MR) is 141 cm³/mol. The van der Waals surface area contributed by atoms with Gasteiger partial charge in [-0.05, 0) is 67.9 Å². The lowest BCUT2D eigenvalue weighted by atomic mass is 10.1. The maximum absolute atomic E-state index is 13.1. The Hall–Kier alpha value is -4.92. The summed E-state index contributed by atoms with van der Waals surface area (Å²) in [4.78, 5) is 34.7. The molecule has 1 amide bonds. The topological polar surface area (TPSA) is 100 Å². The Balaban J connectivity index is 1.39. The minimum Gasteiger partial charge on any atom is -0.497 e. The van der Waals surface area contributed by atoms with Gasteiger partial charge in [0, 0.05) is 36.6 Å². The van der Waals surface area contributed by atoms with Crippen molar-refractivity contribution in [2.45, 2.75) is 13.8 Å². The van der Waals surface area contributed by atoms with Crippen molar-refractivity contribution in [3.63, 3.8) is 0 Å². The summed E-state index contributed by atoms with van der Waals surface area (Å²) in [5.74, 6) is 1.52. The molecule has 0 fully saturated rings. The maximum Gasteiger partial charge on any atom is 0.284 e. The largest absolute Gasteiger partial charge is 0.497 e. The number of nitrogens with zero attached hydrogens (tertiary/aromatic N) is 4. The highest BCUT2D eigenvalue weighted by Crippen LogP contribution is 2.33. The van der Waals surface area contributed by atoms with E-state index in [0.717, 1.165) is 16.5 Å². The molecule has 0 atom stereocenters. The minimum absolute atomic E-state index is 0.0722. The molecule has 5 rings (SSSR count). The SMILES string of the molecule is COc1ccc2c(Oc3ccc(NC(=O)c4c(C)n(C)n(-c5cccnc5)c4=O)cc3C)ccnc2c1. The number of ether oxygens (including phenoxy) is 2. The van der Waals surface area contributed by atoms with Crippen LogP contribution >= 0.6 is 0 Å². The molecule has 1 N–H and O–H groups in total. The molecular weight excluding hydrogens is 470 g/mol. The average molecular weight is 496 g/mol. The van der Waals surface area contributed by atoms with Crippen LogP contribution in [0.1, 0.15) is 21.6 Å². The van der Waals surface area contributed by atoms with Gasteiger partial charge in [0.15, 0.2) is 0 Å². The molecule has 0 saturated carbocycles. The molecule has 186 valence electrons. The van der Waals surface area contributed by atoms with Crippen molar-refractivity contribution in [1.29, 1.82) is 0 Å². The van der Waals surface area contributed by atoms with Crippen LogP contribution < -0.4 is 20.3 Å².